The zero-order valence-corrected chi connectivity index (χ0v) is 21.7. The molecule has 2 heterocycles. The number of carbonyl (C=O) groups is 1. The van der Waals surface area contributed by atoms with Gasteiger partial charge in [0.05, 0.1) is 5.92 Å². The lowest BCUT2D eigenvalue weighted by Gasteiger charge is -2.48. The predicted molar refractivity (Wildman–Crippen MR) is 132 cm³/mol. The van der Waals surface area contributed by atoms with Crippen molar-refractivity contribution >= 4 is 18.3 Å². The van der Waals surface area contributed by atoms with Crippen LogP contribution in [-0.4, -0.2) is 53.0 Å². The van der Waals surface area contributed by atoms with Crippen molar-refractivity contribution in [2.24, 2.45) is 17.8 Å². The Morgan fingerprint density at radius 2 is 1.47 bits per heavy atom. The molecule has 2 fully saturated rings. The number of aliphatic hydroxyl groups is 1. The third kappa shape index (κ3) is 5.00. The maximum Gasteiger partial charge on any atom is 0.227 e. The second kappa shape index (κ2) is 10.7. The van der Waals surface area contributed by atoms with E-state index in [4.69, 9.17) is 0 Å². The van der Waals surface area contributed by atoms with Gasteiger partial charge in [-0.25, -0.2) is 17.6 Å². The lowest BCUT2D eigenvalue weighted by Crippen LogP contribution is -2.57. The predicted octanol–water partition coefficient (Wildman–Crippen LogP) is 5.09. The smallest absolute Gasteiger partial charge is 0.227 e. The van der Waals surface area contributed by atoms with Gasteiger partial charge in [-0.2, -0.15) is 0 Å². The van der Waals surface area contributed by atoms with Gasteiger partial charge in [0.2, 0.25) is 5.91 Å². The van der Waals surface area contributed by atoms with E-state index < -0.39 is 52.5 Å². The van der Waals surface area contributed by atoms with Crippen LogP contribution in [0.4, 0.5) is 17.6 Å². The highest BCUT2D eigenvalue weighted by Gasteiger charge is 2.50. The van der Waals surface area contributed by atoms with Crippen LogP contribution in [0.5, 0.6) is 0 Å². The molecule has 9 heteroatoms. The average Bonchev–Trinajstić information content (AvgIpc) is 3.22. The standard InChI is InChI=1S/C27H32F4N2O2.ClH/c1-15(2)32-13-21(20-7-5-18(28)9-24(20)30)22(14-32)26(34)33-11-16(3)27(35,17(4)12-33)23-8-6-19(29)10-25(23)31;/h5-10,15-17,21-22,35H,11-14H2,1-4H3;1H/t16-,17-,21?,22?;/m0./s1. The molecule has 0 spiro atoms. The van der Waals surface area contributed by atoms with Gasteiger partial charge in [0.1, 0.15) is 28.9 Å². The van der Waals surface area contributed by atoms with Gasteiger partial charge in [0, 0.05) is 67.7 Å². The maximum absolute atomic E-state index is 14.7. The highest BCUT2D eigenvalue weighted by molar-refractivity contribution is 5.85. The lowest BCUT2D eigenvalue weighted by atomic mass is 9.70. The molecule has 2 unspecified atom stereocenters. The molecular formula is C27H33ClF4N2O2. The highest BCUT2D eigenvalue weighted by atomic mass is 35.5. The topological polar surface area (TPSA) is 43.8 Å². The van der Waals surface area contributed by atoms with E-state index >= 15 is 0 Å². The van der Waals surface area contributed by atoms with Gasteiger partial charge >= 0.3 is 0 Å². The summed E-state index contributed by atoms with van der Waals surface area (Å²) in [5, 5.41) is 11.5. The first kappa shape index (κ1) is 28.4. The van der Waals surface area contributed by atoms with E-state index in [1.807, 2.05) is 13.8 Å². The van der Waals surface area contributed by atoms with Crippen LogP contribution in [0.2, 0.25) is 0 Å². The summed E-state index contributed by atoms with van der Waals surface area (Å²) in [5.41, 5.74) is -1.24. The van der Waals surface area contributed by atoms with Gasteiger partial charge in [-0.15, -0.1) is 12.4 Å². The van der Waals surface area contributed by atoms with Gasteiger partial charge in [-0.3, -0.25) is 9.69 Å². The van der Waals surface area contributed by atoms with Crippen LogP contribution in [0.15, 0.2) is 36.4 Å². The third-order valence-electron chi connectivity index (χ3n) is 7.92. The van der Waals surface area contributed by atoms with Crippen LogP contribution in [0.1, 0.15) is 44.7 Å². The molecule has 2 saturated heterocycles. The minimum atomic E-state index is -1.57. The molecule has 198 valence electrons. The van der Waals surface area contributed by atoms with E-state index in [0.717, 1.165) is 18.2 Å². The number of rotatable bonds is 4. The van der Waals surface area contributed by atoms with Crippen LogP contribution in [-0.2, 0) is 10.4 Å². The lowest BCUT2D eigenvalue weighted by molar-refractivity contribution is -0.153. The maximum atomic E-state index is 14.7. The SMILES string of the molecule is CC(C)N1CC(C(=O)N2C[C@H](C)C(O)(c3ccc(F)cc3F)[C@@H](C)C2)C(c2ccc(F)cc2F)C1.Cl. The number of amides is 1. The molecule has 0 aliphatic carbocycles. The summed E-state index contributed by atoms with van der Waals surface area (Å²) in [6.07, 6.45) is 0. The van der Waals surface area contributed by atoms with Gasteiger partial charge in [-0.05, 0) is 31.5 Å². The van der Waals surface area contributed by atoms with E-state index in [2.05, 4.69) is 4.90 Å². The molecule has 36 heavy (non-hydrogen) atoms. The fraction of sp³-hybridized carbons (Fsp3) is 0.519. The van der Waals surface area contributed by atoms with E-state index in [1.165, 1.54) is 18.2 Å². The van der Waals surface area contributed by atoms with Crippen molar-refractivity contribution in [1.82, 2.24) is 9.80 Å². The van der Waals surface area contributed by atoms with Crippen molar-refractivity contribution in [3.8, 4) is 0 Å². The Bertz CT molecular complexity index is 1100. The largest absolute Gasteiger partial charge is 0.384 e. The molecule has 1 N–H and O–H groups in total. The molecule has 4 nitrogen and oxygen atoms in total. The Balaban J connectivity index is 0.00000361. The number of hydrogen-bond acceptors (Lipinski definition) is 3. The Kier molecular flexibility index (Phi) is 8.43. The fourth-order valence-corrected chi connectivity index (χ4v) is 5.88. The summed E-state index contributed by atoms with van der Waals surface area (Å²) in [6.45, 7) is 8.76. The third-order valence-corrected chi connectivity index (χ3v) is 7.92. The molecule has 0 radical (unpaired) electrons. The number of hydrogen-bond donors (Lipinski definition) is 1. The fourth-order valence-electron chi connectivity index (χ4n) is 5.88. The zero-order chi connectivity index (χ0) is 25.7. The Labute approximate surface area is 215 Å². The van der Waals surface area contributed by atoms with E-state index in [-0.39, 0.29) is 43.0 Å². The molecule has 0 saturated carbocycles. The molecule has 0 aromatic heterocycles. The van der Waals surface area contributed by atoms with Crippen molar-refractivity contribution in [2.45, 2.75) is 45.3 Å². The highest BCUT2D eigenvalue weighted by Crippen LogP contribution is 2.44. The van der Waals surface area contributed by atoms with Crippen molar-refractivity contribution in [2.75, 3.05) is 26.2 Å². The number of piperidine rings is 1. The minimum Gasteiger partial charge on any atom is -0.384 e. The monoisotopic (exact) mass is 528 g/mol. The molecule has 2 aliphatic rings. The first-order valence-electron chi connectivity index (χ1n) is 12.1. The van der Waals surface area contributed by atoms with E-state index in [0.29, 0.717) is 18.7 Å². The van der Waals surface area contributed by atoms with Gasteiger partial charge < -0.3 is 10.0 Å². The molecular weight excluding hydrogens is 496 g/mol. The van der Waals surface area contributed by atoms with Crippen molar-refractivity contribution in [1.29, 1.82) is 0 Å². The zero-order valence-electron chi connectivity index (χ0n) is 20.8. The summed E-state index contributed by atoms with van der Waals surface area (Å²) >= 11 is 0. The Hall–Kier alpha value is -2.16. The normalized spacial score (nSPS) is 26.2. The summed E-state index contributed by atoms with van der Waals surface area (Å²) in [7, 11) is 0. The van der Waals surface area contributed by atoms with Crippen molar-refractivity contribution < 1.29 is 27.5 Å². The molecule has 2 aromatic carbocycles. The summed E-state index contributed by atoms with van der Waals surface area (Å²) in [4.78, 5) is 17.5. The number of likely N-dealkylation sites (tertiary alicyclic amines) is 2. The molecule has 1 amide bonds. The molecule has 0 bridgehead atoms. The average molecular weight is 529 g/mol. The number of carbonyl (C=O) groups excluding carboxylic acids is 1. The number of halogens is 5. The first-order valence-corrected chi connectivity index (χ1v) is 12.1. The number of benzene rings is 2. The quantitative estimate of drug-likeness (QED) is 0.562. The minimum absolute atomic E-state index is 0. The summed E-state index contributed by atoms with van der Waals surface area (Å²) < 4.78 is 56.3. The second-order valence-electron chi connectivity index (χ2n) is 10.4. The van der Waals surface area contributed by atoms with E-state index in [9.17, 15) is 27.5 Å². The molecule has 4 atom stereocenters. The van der Waals surface area contributed by atoms with Gasteiger partial charge in [-0.1, -0.05) is 26.0 Å². The van der Waals surface area contributed by atoms with Crippen LogP contribution in [0.25, 0.3) is 0 Å². The van der Waals surface area contributed by atoms with Crippen molar-refractivity contribution in [3.05, 3.63) is 70.8 Å². The Morgan fingerprint density at radius 1 is 0.917 bits per heavy atom. The van der Waals surface area contributed by atoms with Crippen LogP contribution in [0.3, 0.4) is 0 Å². The molecule has 4 rings (SSSR count). The first-order chi connectivity index (χ1) is 16.4. The molecule has 2 aliphatic heterocycles. The Morgan fingerprint density at radius 3 is 2.00 bits per heavy atom. The summed E-state index contributed by atoms with van der Waals surface area (Å²) in [5.74, 6) is -5.07. The van der Waals surface area contributed by atoms with Crippen LogP contribution in [0, 0.1) is 41.0 Å². The number of nitrogens with zero attached hydrogens (tertiary/aromatic N) is 2. The summed E-state index contributed by atoms with van der Waals surface area (Å²) in [6, 6.07) is 6.75. The van der Waals surface area contributed by atoms with Gasteiger partial charge in [0.25, 0.3) is 0 Å². The van der Waals surface area contributed by atoms with Crippen LogP contribution >= 0.6 is 12.4 Å². The second-order valence-corrected chi connectivity index (χ2v) is 10.4. The van der Waals surface area contributed by atoms with Gasteiger partial charge in [0.15, 0.2) is 0 Å². The molecule has 2 aromatic rings. The van der Waals surface area contributed by atoms with Crippen LogP contribution < -0.4 is 0 Å². The van der Waals surface area contributed by atoms with Crippen molar-refractivity contribution in [3.63, 3.8) is 0 Å². The van der Waals surface area contributed by atoms with E-state index in [1.54, 1.807) is 18.7 Å².